The molecule has 0 heterocycles. The van der Waals surface area contributed by atoms with Crippen molar-refractivity contribution in [2.45, 2.75) is 284 Å². The molecule has 0 radical (unpaired) electrons. The van der Waals surface area contributed by atoms with Crippen molar-refractivity contribution in [2.75, 3.05) is 13.2 Å². The third-order valence-electron chi connectivity index (χ3n) is 12.0. The van der Waals surface area contributed by atoms with E-state index in [0.29, 0.717) is 19.3 Å². The maximum Gasteiger partial charge on any atom is 0.306 e. The van der Waals surface area contributed by atoms with E-state index < -0.39 is 6.10 Å². The molecule has 0 aromatic carbocycles. The first kappa shape index (κ1) is 62.1. The van der Waals surface area contributed by atoms with Crippen molar-refractivity contribution in [3.05, 3.63) is 60.8 Å². The van der Waals surface area contributed by atoms with E-state index in [1.54, 1.807) is 0 Å². The van der Waals surface area contributed by atoms with Gasteiger partial charge < -0.3 is 14.2 Å². The molecule has 0 bridgehead atoms. The van der Waals surface area contributed by atoms with E-state index in [2.05, 4.69) is 81.5 Å². The van der Waals surface area contributed by atoms with Gasteiger partial charge >= 0.3 is 17.9 Å². The summed E-state index contributed by atoms with van der Waals surface area (Å²) >= 11 is 0. The Morgan fingerprint density at radius 1 is 0.323 bits per heavy atom. The Morgan fingerprint density at radius 2 is 0.600 bits per heavy atom. The van der Waals surface area contributed by atoms with Crippen LogP contribution in [0.2, 0.25) is 0 Å². The monoisotopic (exact) mass is 909 g/mol. The van der Waals surface area contributed by atoms with Crippen LogP contribution in [-0.2, 0) is 28.6 Å². The number of unbranched alkanes of at least 4 members (excludes halogenated alkanes) is 29. The fourth-order valence-corrected chi connectivity index (χ4v) is 7.84. The van der Waals surface area contributed by atoms with Gasteiger partial charge in [-0.15, -0.1) is 0 Å². The zero-order valence-corrected chi connectivity index (χ0v) is 43.0. The van der Waals surface area contributed by atoms with E-state index in [0.717, 1.165) is 109 Å². The van der Waals surface area contributed by atoms with Crippen molar-refractivity contribution in [3.63, 3.8) is 0 Å². The van der Waals surface area contributed by atoms with Gasteiger partial charge in [0, 0.05) is 19.3 Å². The van der Waals surface area contributed by atoms with E-state index in [-0.39, 0.29) is 31.1 Å². The molecule has 0 rings (SSSR count). The quantitative estimate of drug-likeness (QED) is 0.0262. The average molecular weight is 909 g/mol. The van der Waals surface area contributed by atoms with Gasteiger partial charge in [-0.2, -0.15) is 0 Å². The van der Waals surface area contributed by atoms with Gasteiger partial charge in [-0.05, 0) is 83.5 Å². The van der Waals surface area contributed by atoms with Crippen molar-refractivity contribution < 1.29 is 28.6 Å². The minimum absolute atomic E-state index is 0.0816. The Kier molecular flexibility index (Phi) is 51.3. The third-order valence-corrected chi connectivity index (χ3v) is 12.0. The molecule has 0 aromatic rings. The van der Waals surface area contributed by atoms with Crippen LogP contribution in [0, 0.1) is 0 Å². The summed E-state index contributed by atoms with van der Waals surface area (Å²) < 4.78 is 16.8. The molecule has 0 unspecified atom stereocenters. The highest BCUT2D eigenvalue weighted by Crippen LogP contribution is 2.16. The molecular weight excluding hydrogens is 805 g/mol. The molecular formula is C59H104O6. The van der Waals surface area contributed by atoms with Crippen molar-refractivity contribution in [1.29, 1.82) is 0 Å². The van der Waals surface area contributed by atoms with Crippen LogP contribution >= 0.6 is 0 Å². The summed E-state index contributed by atoms with van der Waals surface area (Å²) in [6.45, 7) is 6.50. The number of ether oxygens (including phenoxy) is 3. The fourth-order valence-electron chi connectivity index (χ4n) is 7.84. The zero-order chi connectivity index (χ0) is 47.2. The van der Waals surface area contributed by atoms with Gasteiger partial charge in [-0.1, -0.05) is 236 Å². The minimum Gasteiger partial charge on any atom is -0.462 e. The van der Waals surface area contributed by atoms with Crippen LogP contribution in [0.3, 0.4) is 0 Å². The highest BCUT2D eigenvalue weighted by Gasteiger charge is 2.19. The molecule has 0 aliphatic heterocycles. The lowest BCUT2D eigenvalue weighted by molar-refractivity contribution is -0.167. The van der Waals surface area contributed by atoms with Gasteiger partial charge in [0.15, 0.2) is 6.10 Å². The topological polar surface area (TPSA) is 78.9 Å². The van der Waals surface area contributed by atoms with E-state index in [1.807, 2.05) is 0 Å². The number of hydrogen-bond donors (Lipinski definition) is 0. The van der Waals surface area contributed by atoms with Gasteiger partial charge in [0.25, 0.3) is 0 Å². The summed E-state index contributed by atoms with van der Waals surface area (Å²) in [6, 6.07) is 0. The number of carbonyl (C=O) groups is 3. The molecule has 376 valence electrons. The molecule has 6 heteroatoms. The molecule has 1 atom stereocenters. The maximum atomic E-state index is 12.8. The van der Waals surface area contributed by atoms with Gasteiger partial charge in [0.2, 0.25) is 0 Å². The number of allylic oxidation sites excluding steroid dienone is 10. The Bertz CT molecular complexity index is 1180. The van der Waals surface area contributed by atoms with E-state index >= 15 is 0 Å². The van der Waals surface area contributed by atoms with Crippen LogP contribution in [0.15, 0.2) is 60.8 Å². The number of carbonyl (C=O) groups excluding carboxylic acids is 3. The molecule has 0 aromatic heterocycles. The first-order valence-corrected chi connectivity index (χ1v) is 27.8. The number of rotatable bonds is 50. The van der Waals surface area contributed by atoms with E-state index in [9.17, 15) is 14.4 Å². The summed E-state index contributed by atoms with van der Waals surface area (Å²) in [5, 5.41) is 0. The molecule has 0 fully saturated rings. The van der Waals surface area contributed by atoms with Crippen LogP contribution in [0.25, 0.3) is 0 Å². The standard InChI is InChI=1S/C59H104O6/c1-4-7-10-13-16-19-22-25-28-29-32-34-37-40-43-46-49-52-58(61)64-55-56(65-59(62)53-50-47-44-41-38-35-31-27-24-21-18-15-12-9-6-3)54-63-57(60)51-48-45-42-39-36-33-30-26-23-20-17-14-11-8-5-2/h9,12,16,18-19,21,25,27-28,31,56H,4-8,10-11,13-15,17,20,22-24,26,29-30,32-55H2,1-3H3/b12-9+,19-16+,21-18+,28-25+,31-27+/t56-/m1/s1. The lowest BCUT2D eigenvalue weighted by Crippen LogP contribution is -2.30. The molecule has 0 saturated heterocycles. The van der Waals surface area contributed by atoms with Crippen LogP contribution < -0.4 is 0 Å². The molecule has 0 amide bonds. The largest absolute Gasteiger partial charge is 0.462 e. The predicted molar refractivity (Wildman–Crippen MR) is 279 cm³/mol. The molecule has 65 heavy (non-hydrogen) atoms. The first-order chi connectivity index (χ1) is 32.0. The Morgan fingerprint density at radius 3 is 0.969 bits per heavy atom. The van der Waals surface area contributed by atoms with Gasteiger partial charge in [0.1, 0.15) is 13.2 Å². The van der Waals surface area contributed by atoms with Gasteiger partial charge in [-0.25, -0.2) is 0 Å². The van der Waals surface area contributed by atoms with Crippen LogP contribution in [0.5, 0.6) is 0 Å². The van der Waals surface area contributed by atoms with Crippen molar-refractivity contribution >= 4 is 17.9 Å². The zero-order valence-electron chi connectivity index (χ0n) is 43.0. The first-order valence-electron chi connectivity index (χ1n) is 27.8. The molecule has 0 aliphatic rings. The summed E-state index contributed by atoms with van der Waals surface area (Å²) in [7, 11) is 0. The van der Waals surface area contributed by atoms with Crippen LogP contribution in [-0.4, -0.2) is 37.2 Å². The summed E-state index contributed by atoms with van der Waals surface area (Å²) in [4.78, 5) is 38.1. The lowest BCUT2D eigenvalue weighted by atomic mass is 10.0. The van der Waals surface area contributed by atoms with Gasteiger partial charge in [-0.3, -0.25) is 14.4 Å². The highest BCUT2D eigenvalue weighted by atomic mass is 16.6. The second-order valence-corrected chi connectivity index (χ2v) is 18.5. The molecule has 0 saturated carbocycles. The van der Waals surface area contributed by atoms with Crippen molar-refractivity contribution in [3.8, 4) is 0 Å². The minimum atomic E-state index is -0.784. The van der Waals surface area contributed by atoms with Crippen LogP contribution in [0.1, 0.15) is 278 Å². The molecule has 0 spiro atoms. The highest BCUT2D eigenvalue weighted by molar-refractivity contribution is 5.71. The number of hydrogen-bond acceptors (Lipinski definition) is 6. The predicted octanol–water partition coefficient (Wildman–Crippen LogP) is 18.4. The maximum absolute atomic E-state index is 12.8. The second kappa shape index (κ2) is 53.7. The molecule has 6 nitrogen and oxygen atoms in total. The summed E-state index contributed by atoms with van der Waals surface area (Å²) in [5.74, 6) is -0.897. The Balaban J connectivity index is 4.40. The van der Waals surface area contributed by atoms with Crippen molar-refractivity contribution in [1.82, 2.24) is 0 Å². The second-order valence-electron chi connectivity index (χ2n) is 18.5. The SMILES string of the molecule is CC/C=C/C/C=C/C/C=C/CCCCCCCC(=O)O[C@@H](COC(=O)CCCCCCCCC/C=C/C/C=C/CCCCC)COC(=O)CCCCCCCCCCCCCCCCC. The summed E-state index contributed by atoms with van der Waals surface area (Å²) in [6.07, 6.45) is 66.3. The lowest BCUT2D eigenvalue weighted by Gasteiger charge is -2.18. The van der Waals surface area contributed by atoms with E-state index in [4.69, 9.17) is 14.2 Å². The Hall–Kier alpha value is -2.89. The molecule has 0 N–H and O–H groups in total. The van der Waals surface area contributed by atoms with Crippen LogP contribution in [0.4, 0.5) is 0 Å². The van der Waals surface area contributed by atoms with Crippen molar-refractivity contribution in [2.24, 2.45) is 0 Å². The Labute approximate surface area is 402 Å². The molecule has 0 aliphatic carbocycles. The van der Waals surface area contributed by atoms with Gasteiger partial charge in [0.05, 0.1) is 0 Å². The third kappa shape index (κ3) is 51.9. The van der Waals surface area contributed by atoms with E-state index in [1.165, 1.54) is 128 Å². The smallest absolute Gasteiger partial charge is 0.306 e. The average Bonchev–Trinajstić information content (AvgIpc) is 3.30. The number of esters is 3. The summed E-state index contributed by atoms with van der Waals surface area (Å²) in [5.41, 5.74) is 0. The normalized spacial score (nSPS) is 12.5. The fraction of sp³-hybridized carbons (Fsp3) is 0.780.